The molecule has 3 aromatic carbocycles. The molecule has 0 spiro atoms. The SMILES string of the molecule is CCCCc1ccc(-n2c3nc4ccccc4nc3c3c(=O)n(Cc4ccccc4Cl)c(C)nc32)cc1. The van der Waals surface area contributed by atoms with Gasteiger partial charge in [0.1, 0.15) is 16.7 Å². The number of benzene rings is 3. The van der Waals surface area contributed by atoms with Gasteiger partial charge < -0.3 is 0 Å². The molecular weight excluding hydrogens is 482 g/mol. The van der Waals surface area contributed by atoms with Gasteiger partial charge in [-0.2, -0.15) is 0 Å². The molecule has 0 amide bonds. The van der Waals surface area contributed by atoms with Crippen molar-refractivity contribution in [2.75, 3.05) is 0 Å². The molecule has 0 N–H and O–H groups in total. The van der Waals surface area contributed by atoms with Crippen LogP contribution < -0.4 is 5.56 Å². The Morgan fingerprint density at radius 3 is 2.27 bits per heavy atom. The number of aryl methyl sites for hydroxylation is 2. The standard InChI is InChI=1S/C30H26ClN5O/c1-3-4-9-20-14-16-22(17-15-20)36-28-26(27-29(36)34-25-13-8-7-12-24(25)33-27)30(37)35(19(2)32-28)18-21-10-5-6-11-23(21)31/h5-8,10-17H,3-4,9,18H2,1-2H3. The molecule has 3 heterocycles. The Balaban J connectivity index is 1.64. The van der Waals surface area contributed by atoms with Gasteiger partial charge in [-0.25, -0.2) is 15.0 Å². The van der Waals surface area contributed by atoms with Crippen molar-refractivity contribution in [2.24, 2.45) is 0 Å². The molecular formula is C30H26ClN5O. The molecule has 6 nitrogen and oxygen atoms in total. The number of hydrogen-bond acceptors (Lipinski definition) is 4. The first-order valence-electron chi connectivity index (χ1n) is 12.6. The van der Waals surface area contributed by atoms with Gasteiger partial charge in [0.25, 0.3) is 5.56 Å². The van der Waals surface area contributed by atoms with Crippen molar-refractivity contribution < 1.29 is 0 Å². The summed E-state index contributed by atoms with van der Waals surface area (Å²) in [4.78, 5) is 28.8. The fourth-order valence-electron chi connectivity index (χ4n) is 4.85. The number of aromatic nitrogens is 5. The second-order valence-corrected chi connectivity index (χ2v) is 9.74. The second-order valence-electron chi connectivity index (χ2n) is 9.33. The molecule has 0 aliphatic carbocycles. The normalized spacial score (nSPS) is 11.6. The zero-order chi connectivity index (χ0) is 25.5. The maximum atomic E-state index is 14.0. The van der Waals surface area contributed by atoms with Crippen LogP contribution >= 0.6 is 11.6 Å². The van der Waals surface area contributed by atoms with Crippen LogP contribution in [-0.4, -0.2) is 24.1 Å². The molecule has 6 aromatic rings. The van der Waals surface area contributed by atoms with Gasteiger partial charge in [-0.15, -0.1) is 0 Å². The van der Waals surface area contributed by atoms with Crippen LogP contribution in [0.1, 0.15) is 36.7 Å². The average Bonchev–Trinajstić information content (AvgIpc) is 3.22. The third kappa shape index (κ3) is 4.07. The lowest BCUT2D eigenvalue weighted by Crippen LogP contribution is -2.24. The van der Waals surface area contributed by atoms with Crippen LogP contribution in [0.2, 0.25) is 5.02 Å². The van der Waals surface area contributed by atoms with E-state index in [0.29, 0.717) is 39.6 Å². The van der Waals surface area contributed by atoms with E-state index in [1.807, 2.05) is 60.0 Å². The highest BCUT2D eigenvalue weighted by atomic mass is 35.5. The molecule has 7 heteroatoms. The molecule has 0 unspecified atom stereocenters. The summed E-state index contributed by atoms with van der Waals surface area (Å²) in [6.45, 7) is 4.37. The van der Waals surface area contributed by atoms with Gasteiger partial charge >= 0.3 is 0 Å². The highest BCUT2D eigenvalue weighted by Gasteiger charge is 2.22. The predicted molar refractivity (Wildman–Crippen MR) is 150 cm³/mol. The smallest absolute Gasteiger partial charge is 0.265 e. The van der Waals surface area contributed by atoms with Crippen molar-refractivity contribution in [3.8, 4) is 5.69 Å². The Kier molecular flexibility index (Phi) is 5.97. The van der Waals surface area contributed by atoms with E-state index in [9.17, 15) is 4.79 Å². The summed E-state index contributed by atoms with van der Waals surface area (Å²) in [6, 6.07) is 23.7. The molecule has 3 aromatic heterocycles. The molecule has 0 radical (unpaired) electrons. The van der Waals surface area contributed by atoms with Crippen LogP contribution in [0.25, 0.3) is 38.9 Å². The van der Waals surface area contributed by atoms with Crippen molar-refractivity contribution in [2.45, 2.75) is 39.7 Å². The molecule has 0 aliphatic rings. The summed E-state index contributed by atoms with van der Waals surface area (Å²) >= 11 is 6.42. The Hall–Kier alpha value is -4.03. The van der Waals surface area contributed by atoms with Gasteiger partial charge in [0, 0.05) is 10.7 Å². The van der Waals surface area contributed by atoms with Crippen molar-refractivity contribution in [1.82, 2.24) is 24.1 Å². The van der Waals surface area contributed by atoms with Crippen LogP contribution in [-0.2, 0) is 13.0 Å². The van der Waals surface area contributed by atoms with E-state index in [0.717, 1.165) is 41.5 Å². The fourth-order valence-corrected chi connectivity index (χ4v) is 5.05. The van der Waals surface area contributed by atoms with Gasteiger partial charge in [0.15, 0.2) is 11.3 Å². The first-order chi connectivity index (χ1) is 18.0. The predicted octanol–water partition coefficient (Wildman–Crippen LogP) is 6.64. The first kappa shape index (κ1) is 23.4. The van der Waals surface area contributed by atoms with Gasteiger partial charge in [-0.3, -0.25) is 13.9 Å². The summed E-state index contributed by atoms with van der Waals surface area (Å²) in [7, 11) is 0. The molecule has 6 rings (SSSR count). The number of nitrogens with zero attached hydrogens (tertiary/aromatic N) is 5. The fraction of sp³-hybridized carbons (Fsp3) is 0.200. The lowest BCUT2D eigenvalue weighted by atomic mass is 10.1. The Labute approximate surface area is 219 Å². The van der Waals surface area contributed by atoms with E-state index in [2.05, 4.69) is 31.2 Å². The monoisotopic (exact) mass is 507 g/mol. The van der Waals surface area contributed by atoms with Gasteiger partial charge in [0.05, 0.1) is 17.6 Å². The van der Waals surface area contributed by atoms with Crippen LogP contribution in [0.15, 0.2) is 77.6 Å². The van der Waals surface area contributed by atoms with Crippen molar-refractivity contribution in [1.29, 1.82) is 0 Å². The van der Waals surface area contributed by atoms with Gasteiger partial charge in [0.2, 0.25) is 0 Å². The highest BCUT2D eigenvalue weighted by Crippen LogP contribution is 2.29. The third-order valence-corrected chi connectivity index (χ3v) is 7.22. The summed E-state index contributed by atoms with van der Waals surface area (Å²) in [5.41, 5.74) is 6.13. The minimum absolute atomic E-state index is 0.157. The lowest BCUT2D eigenvalue weighted by molar-refractivity contribution is 0.711. The maximum absolute atomic E-state index is 14.0. The van der Waals surface area contributed by atoms with E-state index in [1.54, 1.807) is 4.57 Å². The third-order valence-electron chi connectivity index (χ3n) is 6.85. The highest BCUT2D eigenvalue weighted by molar-refractivity contribution is 6.31. The number of rotatable bonds is 6. The zero-order valence-electron chi connectivity index (χ0n) is 20.8. The quantitative estimate of drug-likeness (QED) is 0.253. The largest absolute Gasteiger partial charge is 0.292 e. The molecule has 0 saturated heterocycles. The number of fused-ring (bicyclic) bond motifs is 4. The second kappa shape index (κ2) is 9.45. The first-order valence-corrected chi connectivity index (χ1v) is 12.9. The Morgan fingerprint density at radius 1 is 0.838 bits per heavy atom. The molecule has 0 bridgehead atoms. The number of para-hydroxylation sites is 2. The van der Waals surface area contributed by atoms with Crippen molar-refractivity contribution >= 4 is 44.8 Å². The minimum Gasteiger partial charge on any atom is -0.292 e. The topological polar surface area (TPSA) is 65.6 Å². The van der Waals surface area contributed by atoms with Crippen LogP contribution in [0.3, 0.4) is 0 Å². The van der Waals surface area contributed by atoms with Crippen LogP contribution in [0, 0.1) is 6.92 Å². The lowest BCUT2D eigenvalue weighted by Gasteiger charge is -2.12. The van der Waals surface area contributed by atoms with Crippen LogP contribution in [0.4, 0.5) is 0 Å². The minimum atomic E-state index is -0.157. The van der Waals surface area contributed by atoms with E-state index in [4.69, 9.17) is 26.6 Å². The summed E-state index contributed by atoms with van der Waals surface area (Å²) < 4.78 is 3.62. The zero-order valence-corrected chi connectivity index (χ0v) is 21.5. The summed E-state index contributed by atoms with van der Waals surface area (Å²) in [5, 5.41) is 1.08. The van der Waals surface area contributed by atoms with E-state index in [1.165, 1.54) is 5.56 Å². The molecule has 37 heavy (non-hydrogen) atoms. The molecule has 0 saturated carbocycles. The molecule has 0 aliphatic heterocycles. The Bertz CT molecular complexity index is 1840. The maximum Gasteiger partial charge on any atom is 0.265 e. The Morgan fingerprint density at radius 2 is 1.54 bits per heavy atom. The summed E-state index contributed by atoms with van der Waals surface area (Å²) in [6.07, 6.45) is 3.34. The van der Waals surface area contributed by atoms with Crippen molar-refractivity contribution in [3.05, 3.63) is 105 Å². The molecule has 184 valence electrons. The van der Waals surface area contributed by atoms with E-state index >= 15 is 0 Å². The van der Waals surface area contributed by atoms with Gasteiger partial charge in [-0.05, 0) is 61.2 Å². The van der Waals surface area contributed by atoms with Crippen LogP contribution in [0.5, 0.6) is 0 Å². The average molecular weight is 508 g/mol. The molecule has 0 atom stereocenters. The summed E-state index contributed by atoms with van der Waals surface area (Å²) in [5.74, 6) is 0.602. The van der Waals surface area contributed by atoms with E-state index < -0.39 is 0 Å². The molecule has 0 fully saturated rings. The number of halogens is 1. The van der Waals surface area contributed by atoms with E-state index in [-0.39, 0.29) is 5.56 Å². The number of hydrogen-bond donors (Lipinski definition) is 0. The van der Waals surface area contributed by atoms with Crippen molar-refractivity contribution in [3.63, 3.8) is 0 Å². The van der Waals surface area contributed by atoms with Gasteiger partial charge in [-0.1, -0.05) is 67.4 Å². The number of unbranched alkanes of at least 4 members (excludes halogenated alkanes) is 1.